The van der Waals surface area contributed by atoms with Crippen LogP contribution < -0.4 is 15.4 Å². The highest BCUT2D eigenvalue weighted by atomic mass is 16.5. The first-order valence-corrected chi connectivity index (χ1v) is 8.58. The normalized spacial score (nSPS) is 14.6. The molecular formula is C19H28N4O2. The number of ether oxygens (including phenoxy) is 1. The summed E-state index contributed by atoms with van der Waals surface area (Å²) in [5, 5.41) is 10.6. The predicted octanol–water partition coefficient (Wildman–Crippen LogP) is 2.62. The molecule has 6 nitrogen and oxygen atoms in total. The zero-order valence-corrected chi connectivity index (χ0v) is 15.6. The van der Waals surface area contributed by atoms with Crippen LogP contribution in [0.3, 0.4) is 0 Å². The van der Waals surface area contributed by atoms with Crippen LogP contribution in [0.4, 0.5) is 0 Å². The number of benzene rings is 1. The molecule has 1 amide bonds. The van der Waals surface area contributed by atoms with E-state index in [0.717, 1.165) is 16.9 Å². The van der Waals surface area contributed by atoms with Gasteiger partial charge in [-0.1, -0.05) is 18.2 Å². The van der Waals surface area contributed by atoms with Crippen LogP contribution in [-0.2, 0) is 4.79 Å². The largest absolute Gasteiger partial charge is 0.496 e. The number of hydrogen-bond donors (Lipinski definition) is 2. The van der Waals surface area contributed by atoms with Gasteiger partial charge in [-0.15, -0.1) is 0 Å². The second-order valence-corrected chi connectivity index (χ2v) is 6.44. The number of carbonyl (C=O) groups excluding carboxylic acids is 1. The summed E-state index contributed by atoms with van der Waals surface area (Å²) in [7, 11) is 1.63. The van der Waals surface area contributed by atoms with Gasteiger partial charge in [0.05, 0.1) is 31.9 Å². The Bertz CT molecular complexity index is 698. The van der Waals surface area contributed by atoms with Gasteiger partial charge in [0, 0.05) is 17.8 Å². The molecule has 6 heteroatoms. The minimum Gasteiger partial charge on any atom is -0.496 e. The molecule has 1 aromatic carbocycles. The van der Waals surface area contributed by atoms with Gasteiger partial charge in [0.2, 0.25) is 5.91 Å². The fourth-order valence-electron chi connectivity index (χ4n) is 2.70. The molecule has 2 aromatic rings. The molecule has 0 radical (unpaired) electrons. The van der Waals surface area contributed by atoms with Gasteiger partial charge < -0.3 is 15.4 Å². The van der Waals surface area contributed by atoms with Crippen molar-refractivity contribution >= 4 is 5.91 Å². The molecule has 0 aliphatic rings. The molecule has 2 rings (SSSR count). The van der Waals surface area contributed by atoms with Gasteiger partial charge in [0.15, 0.2) is 0 Å². The standard InChI is InChI=1S/C19H28N4O2/c1-13-10-21-23(12-13)16(4)14(2)20-11-19(24)22-15(3)17-8-6-7-9-18(17)25-5/h6-10,12,14-16,20H,11H2,1-5H3,(H,22,24). The lowest BCUT2D eigenvalue weighted by atomic mass is 10.1. The molecule has 3 atom stereocenters. The number of aromatic nitrogens is 2. The molecule has 0 saturated carbocycles. The summed E-state index contributed by atoms with van der Waals surface area (Å²) in [5.41, 5.74) is 2.09. The van der Waals surface area contributed by atoms with E-state index >= 15 is 0 Å². The fourth-order valence-corrected chi connectivity index (χ4v) is 2.70. The van der Waals surface area contributed by atoms with Crippen LogP contribution in [0.25, 0.3) is 0 Å². The van der Waals surface area contributed by atoms with Crippen LogP contribution in [-0.4, -0.2) is 35.4 Å². The number of nitrogens with one attached hydrogen (secondary N) is 2. The number of nitrogens with zero attached hydrogens (tertiary/aromatic N) is 2. The molecule has 2 N–H and O–H groups in total. The summed E-state index contributed by atoms with van der Waals surface area (Å²) in [5.74, 6) is 0.730. The number of amides is 1. The fraction of sp³-hybridized carbons (Fsp3) is 0.474. The van der Waals surface area contributed by atoms with E-state index in [0.29, 0.717) is 0 Å². The minimum atomic E-state index is -0.119. The summed E-state index contributed by atoms with van der Waals surface area (Å²) in [6, 6.07) is 7.87. The Hall–Kier alpha value is -2.34. The van der Waals surface area contributed by atoms with Crippen LogP contribution >= 0.6 is 0 Å². The maximum Gasteiger partial charge on any atom is 0.234 e. The molecule has 0 saturated heterocycles. The van der Waals surface area contributed by atoms with Crippen LogP contribution in [0.1, 0.15) is 44.0 Å². The Balaban J connectivity index is 1.85. The van der Waals surface area contributed by atoms with Gasteiger partial charge in [-0.3, -0.25) is 9.48 Å². The van der Waals surface area contributed by atoms with Crippen molar-refractivity contribution in [3.63, 3.8) is 0 Å². The van der Waals surface area contributed by atoms with E-state index in [9.17, 15) is 4.79 Å². The van der Waals surface area contributed by atoms with Crippen molar-refractivity contribution in [2.24, 2.45) is 0 Å². The zero-order chi connectivity index (χ0) is 18.4. The highest BCUT2D eigenvalue weighted by Gasteiger charge is 2.17. The third-order valence-electron chi connectivity index (χ3n) is 4.44. The summed E-state index contributed by atoms with van der Waals surface area (Å²) in [4.78, 5) is 12.3. The number of carbonyl (C=O) groups is 1. The van der Waals surface area contributed by atoms with Crippen molar-refractivity contribution in [1.82, 2.24) is 20.4 Å². The monoisotopic (exact) mass is 344 g/mol. The lowest BCUT2D eigenvalue weighted by molar-refractivity contribution is -0.121. The van der Waals surface area contributed by atoms with Gasteiger partial charge in [0.25, 0.3) is 0 Å². The first-order chi connectivity index (χ1) is 11.9. The molecular weight excluding hydrogens is 316 g/mol. The lowest BCUT2D eigenvalue weighted by Crippen LogP contribution is -2.41. The van der Waals surface area contributed by atoms with Crippen molar-refractivity contribution in [3.8, 4) is 5.75 Å². The van der Waals surface area contributed by atoms with E-state index in [4.69, 9.17) is 4.74 Å². The van der Waals surface area contributed by atoms with Crippen LogP contribution in [0.2, 0.25) is 0 Å². The van der Waals surface area contributed by atoms with Crippen molar-refractivity contribution in [2.45, 2.75) is 45.8 Å². The smallest absolute Gasteiger partial charge is 0.234 e. The molecule has 136 valence electrons. The average molecular weight is 344 g/mol. The maximum atomic E-state index is 12.3. The van der Waals surface area contributed by atoms with Crippen LogP contribution in [0.15, 0.2) is 36.7 Å². The van der Waals surface area contributed by atoms with Crippen molar-refractivity contribution in [1.29, 1.82) is 0 Å². The van der Waals surface area contributed by atoms with Gasteiger partial charge in [-0.25, -0.2) is 0 Å². The van der Waals surface area contributed by atoms with E-state index in [1.165, 1.54) is 0 Å². The van der Waals surface area contributed by atoms with E-state index < -0.39 is 0 Å². The first kappa shape index (κ1) is 19.0. The predicted molar refractivity (Wildman–Crippen MR) is 98.7 cm³/mol. The Morgan fingerprint density at radius 1 is 1.28 bits per heavy atom. The maximum absolute atomic E-state index is 12.3. The molecule has 3 unspecified atom stereocenters. The summed E-state index contributed by atoms with van der Waals surface area (Å²) in [6.45, 7) is 8.36. The van der Waals surface area contributed by atoms with E-state index in [-0.39, 0.29) is 30.6 Å². The van der Waals surface area contributed by atoms with E-state index in [1.54, 1.807) is 7.11 Å². The van der Waals surface area contributed by atoms with E-state index in [2.05, 4.69) is 29.6 Å². The third-order valence-corrected chi connectivity index (χ3v) is 4.44. The Labute approximate surface area is 149 Å². The number of rotatable bonds is 8. The second kappa shape index (κ2) is 8.67. The van der Waals surface area contributed by atoms with Gasteiger partial charge >= 0.3 is 0 Å². The van der Waals surface area contributed by atoms with Gasteiger partial charge in [-0.2, -0.15) is 5.10 Å². The topological polar surface area (TPSA) is 68.2 Å². The molecule has 25 heavy (non-hydrogen) atoms. The van der Waals surface area contributed by atoms with Gasteiger partial charge in [-0.05, 0) is 39.3 Å². The Kier molecular flexibility index (Phi) is 6.58. The number of aryl methyl sites for hydroxylation is 1. The number of hydrogen-bond acceptors (Lipinski definition) is 4. The van der Waals surface area contributed by atoms with Crippen molar-refractivity contribution < 1.29 is 9.53 Å². The molecule has 0 spiro atoms. The van der Waals surface area contributed by atoms with Crippen LogP contribution in [0, 0.1) is 6.92 Å². The number of methoxy groups -OCH3 is 1. The highest BCUT2D eigenvalue weighted by molar-refractivity contribution is 5.78. The quantitative estimate of drug-likeness (QED) is 0.772. The molecule has 0 bridgehead atoms. The summed E-state index contributed by atoms with van der Waals surface area (Å²) in [6.07, 6.45) is 3.84. The SMILES string of the molecule is COc1ccccc1C(C)NC(=O)CNC(C)C(C)n1cc(C)cn1. The first-order valence-electron chi connectivity index (χ1n) is 8.58. The molecule has 0 aliphatic heterocycles. The molecule has 0 fully saturated rings. The summed E-state index contributed by atoms with van der Waals surface area (Å²) < 4.78 is 7.27. The third kappa shape index (κ3) is 5.06. The van der Waals surface area contributed by atoms with Crippen LogP contribution in [0.5, 0.6) is 5.75 Å². The van der Waals surface area contributed by atoms with E-state index in [1.807, 2.05) is 55.2 Å². The van der Waals surface area contributed by atoms with Gasteiger partial charge in [0.1, 0.15) is 5.75 Å². The molecule has 0 aliphatic carbocycles. The second-order valence-electron chi connectivity index (χ2n) is 6.44. The van der Waals surface area contributed by atoms with Crippen molar-refractivity contribution in [2.75, 3.05) is 13.7 Å². The average Bonchev–Trinajstić information content (AvgIpc) is 3.05. The Morgan fingerprint density at radius 2 is 2.00 bits per heavy atom. The molecule has 1 heterocycles. The minimum absolute atomic E-state index is 0.0471. The van der Waals surface area contributed by atoms with Crippen molar-refractivity contribution in [3.05, 3.63) is 47.8 Å². The molecule has 1 aromatic heterocycles. The zero-order valence-electron chi connectivity index (χ0n) is 15.6. The lowest BCUT2D eigenvalue weighted by Gasteiger charge is -2.22. The number of para-hydroxylation sites is 1. The highest BCUT2D eigenvalue weighted by Crippen LogP contribution is 2.24. The Morgan fingerprint density at radius 3 is 2.64 bits per heavy atom. The summed E-state index contributed by atoms with van der Waals surface area (Å²) >= 11 is 0.